The number of rotatable bonds is 4. The number of nitrogens with zero attached hydrogens (tertiary/aromatic N) is 1. The summed E-state index contributed by atoms with van der Waals surface area (Å²) in [5, 5.41) is 0. The van der Waals surface area contributed by atoms with E-state index >= 15 is 0 Å². The minimum Gasteiger partial charge on any atom is -0.368 e. The van der Waals surface area contributed by atoms with Crippen molar-refractivity contribution < 1.29 is 9.59 Å². The normalized spacial score (nSPS) is 15.3. The van der Waals surface area contributed by atoms with E-state index in [1.807, 2.05) is 24.3 Å². The van der Waals surface area contributed by atoms with Gasteiger partial charge in [0.1, 0.15) is 0 Å². The van der Waals surface area contributed by atoms with Gasteiger partial charge in [-0.25, -0.2) is 0 Å². The molecule has 0 spiro atoms. The molecule has 1 aliphatic rings. The molecule has 2 amide bonds. The SMILES string of the molecule is NC(=O)[C@@H](N)CCC(=O)N1Cc2ccccc2C1. The molecule has 0 unspecified atom stereocenters. The van der Waals surface area contributed by atoms with Crippen LogP contribution in [0.4, 0.5) is 0 Å². The summed E-state index contributed by atoms with van der Waals surface area (Å²) in [5.74, 6) is -0.546. The van der Waals surface area contributed by atoms with Crippen LogP contribution in [-0.2, 0) is 22.7 Å². The summed E-state index contributed by atoms with van der Waals surface area (Å²) in [4.78, 5) is 24.5. The third-order valence-electron chi connectivity index (χ3n) is 3.23. The summed E-state index contributed by atoms with van der Waals surface area (Å²) in [7, 11) is 0. The number of fused-ring (bicyclic) bond motifs is 1. The first-order chi connectivity index (χ1) is 8.58. The molecule has 2 rings (SSSR count). The summed E-state index contributed by atoms with van der Waals surface area (Å²) in [6.07, 6.45) is 0.569. The molecule has 5 nitrogen and oxygen atoms in total. The van der Waals surface area contributed by atoms with E-state index in [0.717, 1.165) is 0 Å². The second kappa shape index (κ2) is 5.18. The van der Waals surface area contributed by atoms with Gasteiger partial charge < -0.3 is 16.4 Å². The molecule has 0 saturated carbocycles. The van der Waals surface area contributed by atoms with Gasteiger partial charge in [0.05, 0.1) is 6.04 Å². The van der Waals surface area contributed by atoms with Crippen molar-refractivity contribution in [1.82, 2.24) is 4.90 Å². The molecular weight excluding hydrogens is 230 g/mol. The molecule has 96 valence electrons. The Morgan fingerprint density at radius 3 is 2.28 bits per heavy atom. The summed E-state index contributed by atoms with van der Waals surface area (Å²) >= 11 is 0. The van der Waals surface area contributed by atoms with Gasteiger partial charge >= 0.3 is 0 Å². The van der Waals surface area contributed by atoms with Gasteiger partial charge in [0.25, 0.3) is 0 Å². The van der Waals surface area contributed by atoms with Crippen LogP contribution in [0.1, 0.15) is 24.0 Å². The smallest absolute Gasteiger partial charge is 0.234 e. The average molecular weight is 247 g/mol. The van der Waals surface area contributed by atoms with Gasteiger partial charge in [-0.3, -0.25) is 9.59 Å². The summed E-state index contributed by atoms with van der Waals surface area (Å²) in [6, 6.07) is 7.25. The van der Waals surface area contributed by atoms with Crippen molar-refractivity contribution in [3.8, 4) is 0 Å². The van der Waals surface area contributed by atoms with Crippen molar-refractivity contribution in [2.45, 2.75) is 32.0 Å². The Morgan fingerprint density at radius 2 is 1.78 bits per heavy atom. The molecular formula is C13H17N3O2. The Labute approximate surface area is 106 Å². The molecule has 1 aromatic carbocycles. The van der Waals surface area contributed by atoms with Gasteiger partial charge in [-0.05, 0) is 17.5 Å². The van der Waals surface area contributed by atoms with Crippen molar-refractivity contribution in [2.24, 2.45) is 11.5 Å². The topological polar surface area (TPSA) is 89.4 Å². The van der Waals surface area contributed by atoms with E-state index < -0.39 is 11.9 Å². The Hall–Kier alpha value is -1.88. The van der Waals surface area contributed by atoms with Gasteiger partial charge in [-0.1, -0.05) is 24.3 Å². The van der Waals surface area contributed by atoms with Crippen LogP contribution in [-0.4, -0.2) is 22.8 Å². The Bertz CT molecular complexity index is 448. The Kier molecular flexibility index (Phi) is 3.62. The molecule has 1 aromatic rings. The number of primary amides is 1. The van der Waals surface area contributed by atoms with Crippen molar-refractivity contribution in [3.05, 3.63) is 35.4 Å². The molecule has 0 fully saturated rings. The van der Waals surface area contributed by atoms with Crippen LogP contribution in [0.3, 0.4) is 0 Å². The maximum Gasteiger partial charge on any atom is 0.234 e. The van der Waals surface area contributed by atoms with Crippen molar-refractivity contribution in [2.75, 3.05) is 0 Å². The molecule has 4 N–H and O–H groups in total. The van der Waals surface area contributed by atoms with Crippen molar-refractivity contribution >= 4 is 11.8 Å². The highest BCUT2D eigenvalue weighted by molar-refractivity contribution is 5.81. The summed E-state index contributed by atoms with van der Waals surface area (Å²) in [5.41, 5.74) is 12.9. The van der Waals surface area contributed by atoms with Crippen LogP contribution in [0.5, 0.6) is 0 Å². The Balaban J connectivity index is 1.88. The first-order valence-electron chi connectivity index (χ1n) is 5.97. The minimum absolute atomic E-state index is 0.0166. The predicted octanol–water partition coefficient (Wildman–Crippen LogP) is 0.122. The first-order valence-corrected chi connectivity index (χ1v) is 5.97. The number of hydrogen-bond donors (Lipinski definition) is 2. The number of hydrogen-bond acceptors (Lipinski definition) is 3. The molecule has 0 aromatic heterocycles. The third-order valence-corrected chi connectivity index (χ3v) is 3.23. The molecule has 0 saturated heterocycles. The fraction of sp³-hybridized carbons (Fsp3) is 0.385. The molecule has 0 bridgehead atoms. The maximum absolute atomic E-state index is 12.0. The van der Waals surface area contributed by atoms with Crippen LogP contribution in [0.2, 0.25) is 0 Å². The number of nitrogens with two attached hydrogens (primary N) is 2. The van der Waals surface area contributed by atoms with Gasteiger partial charge in [-0.15, -0.1) is 0 Å². The quantitative estimate of drug-likeness (QED) is 0.792. The third kappa shape index (κ3) is 2.68. The van der Waals surface area contributed by atoms with E-state index in [1.54, 1.807) is 4.90 Å². The van der Waals surface area contributed by atoms with Gasteiger partial charge in [-0.2, -0.15) is 0 Å². The summed E-state index contributed by atoms with van der Waals surface area (Å²) in [6.45, 7) is 1.28. The molecule has 1 heterocycles. The minimum atomic E-state index is -0.737. The highest BCUT2D eigenvalue weighted by Crippen LogP contribution is 2.22. The van der Waals surface area contributed by atoms with Crippen LogP contribution in [0.25, 0.3) is 0 Å². The fourth-order valence-electron chi connectivity index (χ4n) is 2.09. The number of amides is 2. The molecule has 0 radical (unpaired) electrons. The maximum atomic E-state index is 12.0. The second-order valence-electron chi connectivity index (χ2n) is 4.57. The highest BCUT2D eigenvalue weighted by Gasteiger charge is 2.23. The lowest BCUT2D eigenvalue weighted by atomic mass is 10.1. The highest BCUT2D eigenvalue weighted by atomic mass is 16.2. The fourth-order valence-corrected chi connectivity index (χ4v) is 2.09. The molecule has 18 heavy (non-hydrogen) atoms. The van der Waals surface area contributed by atoms with E-state index in [4.69, 9.17) is 11.5 Å². The zero-order valence-electron chi connectivity index (χ0n) is 10.1. The standard InChI is InChI=1S/C13H17N3O2/c14-11(13(15)18)5-6-12(17)16-7-9-3-1-2-4-10(9)8-16/h1-4,11H,5-8,14H2,(H2,15,18)/t11-/m0/s1. The number of carbonyl (C=O) groups is 2. The molecule has 5 heteroatoms. The summed E-state index contributed by atoms with van der Waals surface area (Å²) < 4.78 is 0. The van der Waals surface area contributed by atoms with E-state index in [0.29, 0.717) is 19.5 Å². The van der Waals surface area contributed by atoms with Crippen LogP contribution >= 0.6 is 0 Å². The zero-order chi connectivity index (χ0) is 13.1. The largest absolute Gasteiger partial charge is 0.368 e. The lowest BCUT2D eigenvalue weighted by molar-refractivity contribution is -0.132. The van der Waals surface area contributed by atoms with E-state index in [2.05, 4.69) is 0 Å². The zero-order valence-corrected chi connectivity index (χ0v) is 10.1. The monoisotopic (exact) mass is 247 g/mol. The lowest BCUT2D eigenvalue weighted by Gasteiger charge is -2.16. The molecule has 1 atom stereocenters. The average Bonchev–Trinajstić information content (AvgIpc) is 2.79. The number of carbonyl (C=O) groups excluding carboxylic acids is 2. The van der Waals surface area contributed by atoms with Crippen molar-refractivity contribution in [3.63, 3.8) is 0 Å². The second-order valence-corrected chi connectivity index (χ2v) is 4.57. The number of benzene rings is 1. The van der Waals surface area contributed by atoms with Gasteiger partial charge in [0, 0.05) is 19.5 Å². The van der Waals surface area contributed by atoms with Crippen LogP contribution in [0.15, 0.2) is 24.3 Å². The van der Waals surface area contributed by atoms with E-state index in [-0.39, 0.29) is 12.3 Å². The first kappa shape index (κ1) is 12.6. The van der Waals surface area contributed by atoms with Crippen molar-refractivity contribution in [1.29, 1.82) is 0 Å². The van der Waals surface area contributed by atoms with Gasteiger partial charge in [0.2, 0.25) is 11.8 Å². The Morgan fingerprint density at radius 1 is 1.22 bits per heavy atom. The van der Waals surface area contributed by atoms with E-state index in [1.165, 1.54) is 11.1 Å². The molecule has 1 aliphatic heterocycles. The lowest BCUT2D eigenvalue weighted by Crippen LogP contribution is -2.37. The molecule has 0 aliphatic carbocycles. The van der Waals surface area contributed by atoms with E-state index in [9.17, 15) is 9.59 Å². The predicted molar refractivity (Wildman–Crippen MR) is 67.1 cm³/mol. The van der Waals surface area contributed by atoms with Gasteiger partial charge in [0.15, 0.2) is 0 Å². The van der Waals surface area contributed by atoms with Crippen LogP contribution < -0.4 is 11.5 Å². The van der Waals surface area contributed by atoms with Crippen LogP contribution in [0, 0.1) is 0 Å².